The fourth-order valence-electron chi connectivity index (χ4n) is 2.37. The van der Waals surface area contributed by atoms with Gasteiger partial charge in [0.25, 0.3) is 0 Å². The first-order valence-electron chi connectivity index (χ1n) is 5.87. The van der Waals surface area contributed by atoms with E-state index in [0.29, 0.717) is 4.34 Å². The van der Waals surface area contributed by atoms with Crippen molar-refractivity contribution in [2.24, 2.45) is 5.92 Å². The van der Waals surface area contributed by atoms with Gasteiger partial charge in [-0.2, -0.15) is 0 Å². The number of thiophene rings is 1. The Kier molecular flexibility index (Phi) is 3.36. The number of hydrogen-bond acceptors (Lipinski definition) is 5. The second-order valence-corrected chi connectivity index (χ2v) is 6.82. The van der Waals surface area contributed by atoms with Gasteiger partial charge in [0.1, 0.15) is 10.3 Å². The van der Waals surface area contributed by atoms with E-state index in [0.717, 1.165) is 11.3 Å². The van der Waals surface area contributed by atoms with E-state index >= 15 is 0 Å². The highest BCUT2D eigenvalue weighted by molar-refractivity contribution is 7.20. The predicted molar refractivity (Wildman–Crippen MR) is 81.7 cm³/mol. The van der Waals surface area contributed by atoms with Gasteiger partial charge in [-0.15, -0.1) is 11.3 Å². The van der Waals surface area contributed by atoms with Crippen LogP contribution in [-0.2, 0) is 0 Å². The average Bonchev–Trinajstić information content (AvgIpc) is 2.88. The fourth-order valence-corrected chi connectivity index (χ4v) is 3.84. The Bertz CT molecular complexity index is 813. The maximum Gasteiger partial charge on any atom is 0.184 e. The third kappa shape index (κ3) is 2.09. The van der Waals surface area contributed by atoms with E-state index in [-0.39, 0.29) is 26.7 Å². The number of carbonyl (C=O) groups excluding carboxylic acids is 3. The van der Waals surface area contributed by atoms with Gasteiger partial charge in [0.2, 0.25) is 0 Å². The minimum Gasteiger partial charge on any atom is -0.398 e. The smallest absolute Gasteiger partial charge is 0.184 e. The fraction of sp³-hybridized carbons (Fsp3) is 0.0714. The molecule has 0 bridgehead atoms. The van der Waals surface area contributed by atoms with Gasteiger partial charge in [0.05, 0.1) is 9.90 Å². The number of nitrogens with two attached hydrogens (primary N) is 1. The molecule has 0 spiro atoms. The molecule has 1 heterocycles. The molecule has 2 aromatic rings. The molecule has 0 saturated carbocycles. The van der Waals surface area contributed by atoms with Gasteiger partial charge in [-0.3, -0.25) is 14.4 Å². The summed E-state index contributed by atoms with van der Waals surface area (Å²) in [7, 11) is 0. The number of benzene rings is 1. The summed E-state index contributed by atoms with van der Waals surface area (Å²) in [6, 6.07) is 5.94. The van der Waals surface area contributed by atoms with E-state index in [2.05, 4.69) is 0 Å². The lowest BCUT2D eigenvalue weighted by Crippen LogP contribution is -2.25. The molecule has 1 aliphatic carbocycles. The quantitative estimate of drug-likeness (QED) is 0.516. The van der Waals surface area contributed by atoms with E-state index in [1.807, 2.05) is 0 Å². The monoisotopic (exact) mass is 339 g/mol. The summed E-state index contributed by atoms with van der Waals surface area (Å²) in [4.78, 5) is 37.2. The molecule has 21 heavy (non-hydrogen) atoms. The van der Waals surface area contributed by atoms with Crippen LogP contribution in [-0.4, -0.2) is 17.3 Å². The van der Waals surface area contributed by atoms with Crippen molar-refractivity contribution < 1.29 is 14.4 Å². The molecule has 4 nitrogen and oxygen atoms in total. The molecular formula is C14H7Cl2NO3S. The van der Waals surface area contributed by atoms with Gasteiger partial charge in [-0.1, -0.05) is 35.3 Å². The zero-order valence-corrected chi connectivity index (χ0v) is 12.7. The summed E-state index contributed by atoms with van der Waals surface area (Å²) in [6.07, 6.45) is 0. The Balaban J connectivity index is 2.08. The third-order valence-electron chi connectivity index (χ3n) is 3.32. The second kappa shape index (κ2) is 4.94. The van der Waals surface area contributed by atoms with Gasteiger partial charge >= 0.3 is 0 Å². The topological polar surface area (TPSA) is 77.2 Å². The predicted octanol–water partition coefficient (Wildman–Crippen LogP) is 3.52. The largest absolute Gasteiger partial charge is 0.398 e. The number of nitrogen functional groups attached to an aromatic ring is 1. The lowest BCUT2D eigenvalue weighted by atomic mass is 9.95. The summed E-state index contributed by atoms with van der Waals surface area (Å²) >= 11 is 12.7. The van der Waals surface area contributed by atoms with Gasteiger partial charge in [0.15, 0.2) is 17.3 Å². The maximum atomic E-state index is 12.5. The van der Waals surface area contributed by atoms with E-state index in [9.17, 15) is 14.4 Å². The van der Waals surface area contributed by atoms with Crippen LogP contribution in [0.4, 0.5) is 5.69 Å². The van der Waals surface area contributed by atoms with Gasteiger partial charge < -0.3 is 5.73 Å². The van der Waals surface area contributed by atoms with Gasteiger partial charge in [0, 0.05) is 16.8 Å². The molecule has 1 aromatic carbocycles. The van der Waals surface area contributed by atoms with Crippen LogP contribution < -0.4 is 5.73 Å². The average molecular weight is 340 g/mol. The van der Waals surface area contributed by atoms with Crippen LogP contribution in [0.2, 0.25) is 8.67 Å². The van der Waals surface area contributed by atoms with Crippen molar-refractivity contribution in [1.29, 1.82) is 0 Å². The van der Waals surface area contributed by atoms with Crippen LogP contribution in [0, 0.1) is 5.92 Å². The van der Waals surface area contributed by atoms with Crippen LogP contribution in [0.3, 0.4) is 0 Å². The van der Waals surface area contributed by atoms with Gasteiger partial charge in [-0.25, -0.2) is 0 Å². The SMILES string of the molecule is Nc1cccc2c1C(=O)C(C(=O)c1cc(Cl)sc1Cl)C2=O. The Labute approximate surface area is 133 Å². The van der Waals surface area contributed by atoms with Crippen LogP contribution in [0.15, 0.2) is 24.3 Å². The molecule has 0 radical (unpaired) electrons. The van der Waals surface area contributed by atoms with Crippen molar-refractivity contribution in [2.45, 2.75) is 0 Å². The minimum absolute atomic E-state index is 0.0877. The number of anilines is 1. The van der Waals surface area contributed by atoms with Crippen molar-refractivity contribution in [2.75, 3.05) is 5.73 Å². The highest BCUT2D eigenvalue weighted by Crippen LogP contribution is 2.37. The highest BCUT2D eigenvalue weighted by atomic mass is 35.5. The van der Waals surface area contributed by atoms with Crippen LogP contribution in [0.5, 0.6) is 0 Å². The zero-order valence-electron chi connectivity index (χ0n) is 10.4. The molecule has 3 rings (SSSR count). The molecule has 106 valence electrons. The molecule has 2 N–H and O–H groups in total. The Morgan fingerprint density at radius 1 is 1.19 bits per heavy atom. The van der Waals surface area contributed by atoms with Crippen molar-refractivity contribution in [3.8, 4) is 0 Å². The maximum absolute atomic E-state index is 12.5. The minimum atomic E-state index is -1.42. The normalized spacial score (nSPS) is 17.1. The van der Waals surface area contributed by atoms with Crippen molar-refractivity contribution in [3.05, 3.63) is 49.6 Å². The number of Topliss-reactive ketones (excluding diaryl/α,β-unsaturated/α-hetero) is 3. The molecule has 0 aliphatic heterocycles. The molecule has 1 unspecified atom stereocenters. The third-order valence-corrected chi connectivity index (χ3v) is 4.80. The number of fused-ring (bicyclic) bond motifs is 1. The number of carbonyl (C=O) groups is 3. The summed E-state index contributed by atoms with van der Waals surface area (Å²) in [5.74, 6) is -3.20. The molecule has 1 aliphatic rings. The molecular weight excluding hydrogens is 333 g/mol. The number of halogens is 2. The Hall–Kier alpha value is -1.69. The number of rotatable bonds is 2. The van der Waals surface area contributed by atoms with E-state index in [1.165, 1.54) is 18.2 Å². The number of hydrogen-bond donors (Lipinski definition) is 1. The van der Waals surface area contributed by atoms with Crippen LogP contribution >= 0.6 is 34.5 Å². The van der Waals surface area contributed by atoms with Crippen LogP contribution in [0.1, 0.15) is 31.1 Å². The Morgan fingerprint density at radius 3 is 2.48 bits per heavy atom. The first-order valence-corrected chi connectivity index (χ1v) is 7.45. The summed E-state index contributed by atoms with van der Waals surface area (Å²) in [5.41, 5.74) is 6.29. The Morgan fingerprint density at radius 2 is 1.90 bits per heavy atom. The highest BCUT2D eigenvalue weighted by Gasteiger charge is 2.45. The molecule has 0 fully saturated rings. The zero-order chi connectivity index (χ0) is 15.3. The standard InChI is InChI=1S/C14H7Cl2NO3S/c15-8-4-6(14(16)21-8)12(19)10-11(18)5-2-1-3-7(17)9(5)13(10)20/h1-4,10H,17H2. The summed E-state index contributed by atoms with van der Waals surface area (Å²) in [5, 5.41) is 0. The van der Waals surface area contributed by atoms with Crippen LogP contribution in [0.25, 0.3) is 0 Å². The molecule has 1 aromatic heterocycles. The summed E-state index contributed by atoms with van der Waals surface area (Å²) < 4.78 is 0.479. The van der Waals surface area contributed by atoms with E-state index in [1.54, 1.807) is 6.07 Å². The molecule has 7 heteroatoms. The van der Waals surface area contributed by atoms with Crippen molar-refractivity contribution in [1.82, 2.24) is 0 Å². The lowest BCUT2D eigenvalue weighted by molar-refractivity contribution is 0.0757. The van der Waals surface area contributed by atoms with E-state index in [4.69, 9.17) is 28.9 Å². The van der Waals surface area contributed by atoms with Gasteiger partial charge in [-0.05, 0) is 12.1 Å². The molecule has 0 saturated heterocycles. The summed E-state index contributed by atoms with van der Waals surface area (Å²) in [6.45, 7) is 0. The lowest BCUT2D eigenvalue weighted by Gasteiger charge is -2.04. The molecule has 0 amide bonds. The first-order chi connectivity index (χ1) is 9.91. The molecule has 1 atom stereocenters. The number of ketones is 3. The van der Waals surface area contributed by atoms with Crippen molar-refractivity contribution in [3.63, 3.8) is 0 Å². The first kappa shape index (κ1) is 14.3. The van der Waals surface area contributed by atoms with Crippen molar-refractivity contribution >= 4 is 57.6 Å². The second-order valence-electron chi connectivity index (χ2n) is 4.53. The van der Waals surface area contributed by atoms with E-state index < -0.39 is 23.3 Å².